The van der Waals surface area contributed by atoms with Crippen LogP contribution in [0.25, 0.3) is 0 Å². The van der Waals surface area contributed by atoms with Crippen molar-refractivity contribution >= 4 is 17.4 Å². The number of amides is 1. The van der Waals surface area contributed by atoms with E-state index in [9.17, 15) is 9.18 Å². The second-order valence-electron chi connectivity index (χ2n) is 6.13. The zero-order valence-electron chi connectivity index (χ0n) is 12.6. The van der Waals surface area contributed by atoms with Gasteiger partial charge in [-0.05, 0) is 37.1 Å². The molecule has 0 bridgehead atoms. The van der Waals surface area contributed by atoms with Crippen molar-refractivity contribution in [2.75, 3.05) is 16.8 Å². The molecule has 2 heterocycles. The van der Waals surface area contributed by atoms with Gasteiger partial charge in [0.15, 0.2) is 0 Å². The molecule has 1 aliphatic carbocycles. The maximum absolute atomic E-state index is 13.0. The fraction of sp³-hybridized carbons (Fsp3) is 0.353. The number of aromatic nitrogens is 2. The van der Waals surface area contributed by atoms with Crippen LogP contribution in [0.15, 0.2) is 36.7 Å². The number of benzene rings is 1. The summed E-state index contributed by atoms with van der Waals surface area (Å²) in [6.07, 6.45) is 4.36. The van der Waals surface area contributed by atoms with E-state index in [4.69, 9.17) is 0 Å². The van der Waals surface area contributed by atoms with Crippen LogP contribution in [-0.2, 0) is 4.79 Å². The van der Waals surface area contributed by atoms with Crippen LogP contribution in [0.1, 0.15) is 30.9 Å². The van der Waals surface area contributed by atoms with Crippen molar-refractivity contribution in [2.24, 2.45) is 0 Å². The van der Waals surface area contributed by atoms with Gasteiger partial charge in [-0.3, -0.25) is 4.79 Å². The van der Waals surface area contributed by atoms with Crippen molar-refractivity contribution in [3.8, 4) is 0 Å². The molecule has 1 atom stereocenters. The van der Waals surface area contributed by atoms with E-state index in [1.54, 1.807) is 23.4 Å². The molecule has 5 nitrogen and oxygen atoms in total. The van der Waals surface area contributed by atoms with Gasteiger partial charge < -0.3 is 10.2 Å². The van der Waals surface area contributed by atoms with Gasteiger partial charge in [0.1, 0.15) is 18.0 Å². The molecule has 0 radical (unpaired) electrons. The molecule has 2 aromatic rings. The Kier molecular flexibility index (Phi) is 3.44. The van der Waals surface area contributed by atoms with Crippen LogP contribution in [0.5, 0.6) is 0 Å². The van der Waals surface area contributed by atoms with Crippen molar-refractivity contribution in [3.05, 3.63) is 48.2 Å². The molecular weight excluding hydrogens is 295 g/mol. The molecule has 1 aromatic heterocycles. The van der Waals surface area contributed by atoms with Crippen molar-refractivity contribution < 1.29 is 9.18 Å². The summed E-state index contributed by atoms with van der Waals surface area (Å²) >= 11 is 0. The van der Waals surface area contributed by atoms with E-state index >= 15 is 0 Å². The summed E-state index contributed by atoms with van der Waals surface area (Å²) in [4.78, 5) is 22.4. The van der Waals surface area contributed by atoms with Crippen LogP contribution in [-0.4, -0.2) is 28.5 Å². The highest BCUT2D eigenvalue weighted by Gasteiger charge is 2.31. The van der Waals surface area contributed by atoms with Gasteiger partial charge in [-0.2, -0.15) is 0 Å². The Balaban J connectivity index is 1.45. The minimum Gasteiger partial charge on any atom is -0.365 e. The first-order chi connectivity index (χ1) is 11.2. The molecule has 2 fully saturated rings. The molecular formula is C17H17FN4O. The van der Waals surface area contributed by atoms with E-state index in [-0.39, 0.29) is 17.8 Å². The summed E-state index contributed by atoms with van der Waals surface area (Å²) < 4.78 is 13.0. The normalized spacial score (nSPS) is 20.8. The van der Waals surface area contributed by atoms with Gasteiger partial charge >= 0.3 is 0 Å². The maximum Gasteiger partial charge on any atom is 0.229 e. The highest BCUT2D eigenvalue weighted by molar-refractivity contribution is 5.96. The summed E-state index contributed by atoms with van der Waals surface area (Å²) in [7, 11) is 0. The Morgan fingerprint density at radius 3 is 2.70 bits per heavy atom. The van der Waals surface area contributed by atoms with Crippen LogP contribution in [0.2, 0.25) is 0 Å². The molecule has 1 N–H and O–H groups in total. The zero-order chi connectivity index (χ0) is 15.8. The van der Waals surface area contributed by atoms with Gasteiger partial charge in [0.25, 0.3) is 0 Å². The second-order valence-corrected chi connectivity index (χ2v) is 6.13. The molecule has 1 aromatic carbocycles. The molecule has 4 rings (SSSR count). The Bertz CT molecular complexity index is 730. The predicted molar refractivity (Wildman–Crippen MR) is 84.8 cm³/mol. The standard InChI is InChI=1S/C17H17FN4O/c18-12-3-5-14(6-4-12)22-9-13(7-17(22)23)21-16-8-15(11-1-2-11)19-10-20-16/h3-6,8,10-11,13H,1-2,7,9H2,(H,19,20,21)/t13-/m1/s1. The van der Waals surface area contributed by atoms with Crippen LogP contribution < -0.4 is 10.2 Å². The minimum absolute atomic E-state index is 0.00509. The van der Waals surface area contributed by atoms with Crippen LogP contribution in [0.4, 0.5) is 15.9 Å². The van der Waals surface area contributed by atoms with E-state index < -0.39 is 0 Å². The number of carbonyl (C=O) groups is 1. The molecule has 0 unspecified atom stereocenters. The van der Waals surface area contributed by atoms with Gasteiger partial charge in [-0.1, -0.05) is 0 Å². The Morgan fingerprint density at radius 1 is 1.17 bits per heavy atom. The lowest BCUT2D eigenvalue weighted by molar-refractivity contribution is -0.117. The zero-order valence-corrected chi connectivity index (χ0v) is 12.6. The predicted octanol–water partition coefficient (Wildman–Crippen LogP) is 2.71. The highest BCUT2D eigenvalue weighted by atomic mass is 19.1. The number of rotatable bonds is 4. The first-order valence-corrected chi connectivity index (χ1v) is 7.83. The Labute approximate surface area is 133 Å². The summed E-state index contributed by atoms with van der Waals surface area (Å²) in [6, 6.07) is 7.97. The number of anilines is 2. The van der Waals surface area contributed by atoms with Crippen molar-refractivity contribution in [2.45, 2.75) is 31.2 Å². The van der Waals surface area contributed by atoms with Crippen molar-refractivity contribution in [1.82, 2.24) is 9.97 Å². The average Bonchev–Trinajstić information content (AvgIpc) is 3.33. The van der Waals surface area contributed by atoms with Crippen LogP contribution in [0.3, 0.4) is 0 Å². The van der Waals surface area contributed by atoms with Gasteiger partial charge in [0.2, 0.25) is 5.91 Å². The number of nitrogens with zero attached hydrogens (tertiary/aromatic N) is 3. The molecule has 118 valence electrons. The molecule has 1 amide bonds. The number of halogens is 1. The van der Waals surface area contributed by atoms with E-state index in [2.05, 4.69) is 15.3 Å². The molecule has 1 saturated carbocycles. The number of hydrogen-bond donors (Lipinski definition) is 1. The Hall–Kier alpha value is -2.50. The van der Waals surface area contributed by atoms with Gasteiger partial charge in [0, 0.05) is 36.3 Å². The maximum atomic E-state index is 13.0. The number of nitrogens with one attached hydrogen (secondary N) is 1. The smallest absolute Gasteiger partial charge is 0.229 e. The van der Waals surface area contributed by atoms with Crippen molar-refractivity contribution in [1.29, 1.82) is 0 Å². The summed E-state index contributed by atoms with van der Waals surface area (Å²) in [5.41, 5.74) is 1.80. The number of hydrogen-bond acceptors (Lipinski definition) is 4. The Morgan fingerprint density at radius 2 is 1.96 bits per heavy atom. The highest BCUT2D eigenvalue weighted by Crippen LogP contribution is 2.39. The summed E-state index contributed by atoms with van der Waals surface area (Å²) in [5, 5.41) is 3.32. The largest absolute Gasteiger partial charge is 0.365 e. The van der Waals surface area contributed by atoms with Crippen LogP contribution >= 0.6 is 0 Å². The van der Waals surface area contributed by atoms with E-state index in [1.165, 1.54) is 25.0 Å². The lowest BCUT2D eigenvalue weighted by Gasteiger charge is -2.17. The summed E-state index contributed by atoms with van der Waals surface area (Å²) in [5.74, 6) is 1.06. The molecule has 6 heteroatoms. The van der Waals surface area contributed by atoms with E-state index in [0.29, 0.717) is 18.9 Å². The fourth-order valence-electron chi connectivity index (χ4n) is 2.94. The topological polar surface area (TPSA) is 58.1 Å². The lowest BCUT2D eigenvalue weighted by Crippen LogP contribution is -2.27. The second kappa shape index (κ2) is 5.61. The third-order valence-corrected chi connectivity index (χ3v) is 4.30. The lowest BCUT2D eigenvalue weighted by atomic mass is 10.2. The summed E-state index contributed by atoms with van der Waals surface area (Å²) in [6.45, 7) is 0.549. The number of carbonyl (C=O) groups excluding carboxylic acids is 1. The van der Waals surface area contributed by atoms with E-state index in [0.717, 1.165) is 17.2 Å². The third-order valence-electron chi connectivity index (χ3n) is 4.30. The van der Waals surface area contributed by atoms with Gasteiger partial charge in [-0.25, -0.2) is 14.4 Å². The molecule has 1 aliphatic heterocycles. The van der Waals surface area contributed by atoms with Gasteiger partial charge in [0.05, 0.1) is 6.04 Å². The first-order valence-electron chi connectivity index (χ1n) is 7.83. The molecule has 23 heavy (non-hydrogen) atoms. The molecule has 0 spiro atoms. The fourth-order valence-corrected chi connectivity index (χ4v) is 2.94. The minimum atomic E-state index is -0.302. The third kappa shape index (κ3) is 3.02. The van der Waals surface area contributed by atoms with E-state index in [1.807, 2.05) is 6.07 Å². The SMILES string of the molecule is O=C1C[C@@H](Nc2cc(C3CC3)ncn2)CN1c1ccc(F)cc1. The molecule has 1 saturated heterocycles. The quantitative estimate of drug-likeness (QED) is 0.943. The average molecular weight is 312 g/mol. The molecule has 2 aliphatic rings. The first kappa shape index (κ1) is 14.1. The van der Waals surface area contributed by atoms with Crippen LogP contribution in [0, 0.1) is 5.82 Å². The monoisotopic (exact) mass is 312 g/mol. The van der Waals surface area contributed by atoms with Crippen molar-refractivity contribution in [3.63, 3.8) is 0 Å². The van der Waals surface area contributed by atoms with Gasteiger partial charge in [-0.15, -0.1) is 0 Å².